The molecule has 7 heteroatoms. The lowest BCUT2D eigenvalue weighted by molar-refractivity contribution is -0.124. The first-order valence-electron chi connectivity index (χ1n) is 8.91. The predicted molar refractivity (Wildman–Crippen MR) is 110 cm³/mol. The Hall–Kier alpha value is -2.73. The number of nitrogens with zero attached hydrogens (tertiary/aromatic N) is 2. The third-order valence-electron chi connectivity index (χ3n) is 5.03. The monoisotopic (exact) mass is 402 g/mol. The molecular weight excluding hydrogens is 380 g/mol. The van der Waals surface area contributed by atoms with E-state index in [4.69, 9.17) is 21.1 Å². The summed E-state index contributed by atoms with van der Waals surface area (Å²) in [6, 6.07) is 10.8. The number of halogens is 1. The second-order valence-corrected chi connectivity index (χ2v) is 7.18. The van der Waals surface area contributed by atoms with Crippen molar-refractivity contribution in [2.75, 3.05) is 37.6 Å². The van der Waals surface area contributed by atoms with Gasteiger partial charge in [0.25, 0.3) is 0 Å². The summed E-state index contributed by atoms with van der Waals surface area (Å²) in [5, 5.41) is 0.603. The molecule has 1 saturated heterocycles. The van der Waals surface area contributed by atoms with Gasteiger partial charge in [-0.25, -0.2) is 0 Å². The summed E-state index contributed by atoms with van der Waals surface area (Å²) >= 11 is 6.18. The Morgan fingerprint density at radius 3 is 2.50 bits per heavy atom. The van der Waals surface area contributed by atoms with E-state index in [0.29, 0.717) is 34.4 Å². The highest BCUT2D eigenvalue weighted by Crippen LogP contribution is 2.34. The van der Waals surface area contributed by atoms with Crippen LogP contribution in [0.25, 0.3) is 0 Å². The number of hydrogen-bond acceptors (Lipinski definition) is 4. The summed E-state index contributed by atoms with van der Waals surface area (Å²) < 4.78 is 10.6. The smallest absolute Gasteiger partial charge is 0.232 e. The fraction of sp³-hybridized carbons (Fsp3) is 0.333. The van der Waals surface area contributed by atoms with Crippen LogP contribution in [0, 0.1) is 12.8 Å². The zero-order chi connectivity index (χ0) is 20.4. The summed E-state index contributed by atoms with van der Waals surface area (Å²) in [7, 11) is 4.80. The van der Waals surface area contributed by atoms with Crippen molar-refractivity contribution in [2.45, 2.75) is 13.3 Å². The van der Waals surface area contributed by atoms with Gasteiger partial charge in [0.1, 0.15) is 0 Å². The maximum absolute atomic E-state index is 12.9. The average Bonchev–Trinajstić information content (AvgIpc) is 3.09. The number of carbonyl (C=O) groups is 2. The van der Waals surface area contributed by atoms with E-state index >= 15 is 0 Å². The van der Waals surface area contributed by atoms with Crippen LogP contribution in [0.2, 0.25) is 5.02 Å². The molecule has 1 aliphatic heterocycles. The molecule has 6 nitrogen and oxygen atoms in total. The maximum Gasteiger partial charge on any atom is 0.232 e. The van der Waals surface area contributed by atoms with Gasteiger partial charge < -0.3 is 19.3 Å². The van der Waals surface area contributed by atoms with Crippen molar-refractivity contribution in [3.05, 3.63) is 47.0 Å². The summed E-state index contributed by atoms with van der Waals surface area (Å²) in [5.41, 5.74) is 2.33. The number of aryl methyl sites for hydroxylation is 1. The molecule has 1 heterocycles. The van der Waals surface area contributed by atoms with Gasteiger partial charge in [-0.15, -0.1) is 0 Å². The molecule has 0 N–H and O–H groups in total. The Labute approximate surface area is 169 Å². The summed E-state index contributed by atoms with van der Waals surface area (Å²) in [4.78, 5) is 28.7. The third-order valence-corrected chi connectivity index (χ3v) is 5.43. The molecule has 28 heavy (non-hydrogen) atoms. The number of benzene rings is 2. The topological polar surface area (TPSA) is 59.1 Å². The highest BCUT2D eigenvalue weighted by molar-refractivity contribution is 6.31. The van der Waals surface area contributed by atoms with E-state index in [1.807, 2.05) is 19.1 Å². The zero-order valence-corrected chi connectivity index (χ0v) is 17.1. The molecule has 2 aromatic carbocycles. The lowest BCUT2D eigenvalue weighted by Crippen LogP contribution is -2.34. The normalized spacial score (nSPS) is 16.2. The van der Waals surface area contributed by atoms with Gasteiger partial charge in [-0.1, -0.05) is 17.7 Å². The van der Waals surface area contributed by atoms with Crippen molar-refractivity contribution in [3.8, 4) is 11.5 Å². The molecule has 2 amide bonds. The van der Waals surface area contributed by atoms with Gasteiger partial charge in [0, 0.05) is 42.5 Å². The van der Waals surface area contributed by atoms with Crippen molar-refractivity contribution in [1.29, 1.82) is 0 Å². The Kier molecular flexibility index (Phi) is 5.79. The number of amides is 2. The van der Waals surface area contributed by atoms with Crippen LogP contribution in [-0.4, -0.2) is 39.6 Å². The van der Waals surface area contributed by atoms with E-state index in [1.54, 1.807) is 55.3 Å². The molecular formula is C21H23ClN2O4. The fourth-order valence-electron chi connectivity index (χ4n) is 3.31. The van der Waals surface area contributed by atoms with Crippen molar-refractivity contribution < 1.29 is 19.1 Å². The minimum Gasteiger partial charge on any atom is -0.493 e. The number of anilines is 2. The molecule has 0 aliphatic carbocycles. The highest BCUT2D eigenvalue weighted by Gasteiger charge is 2.37. The first-order valence-corrected chi connectivity index (χ1v) is 9.29. The fourth-order valence-corrected chi connectivity index (χ4v) is 3.48. The minimum absolute atomic E-state index is 0.0964. The second-order valence-electron chi connectivity index (χ2n) is 6.78. The lowest BCUT2D eigenvalue weighted by Gasteiger charge is -2.22. The van der Waals surface area contributed by atoms with E-state index in [9.17, 15) is 9.59 Å². The molecule has 1 aliphatic rings. The van der Waals surface area contributed by atoms with Crippen LogP contribution in [0.1, 0.15) is 12.0 Å². The zero-order valence-electron chi connectivity index (χ0n) is 16.4. The number of methoxy groups -OCH3 is 2. The molecule has 3 rings (SSSR count). The van der Waals surface area contributed by atoms with Crippen molar-refractivity contribution in [1.82, 2.24) is 0 Å². The predicted octanol–water partition coefficient (Wildman–Crippen LogP) is 3.68. The highest BCUT2D eigenvalue weighted by atomic mass is 35.5. The number of rotatable bonds is 5. The Balaban J connectivity index is 1.78. The van der Waals surface area contributed by atoms with Gasteiger partial charge in [-0.05, 0) is 36.8 Å². The largest absolute Gasteiger partial charge is 0.493 e. The van der Waals surface area contributed by atoms with Gasteiger partial charge in [0.2, 0.25) is 11.8 Å². The molecule has 1 unspecified atom stereocenters. The van der Waals surface area contributed by atoms with Crippen LogP contribution < -0.4 is 19.3 Å². The van der Waals surface area contributed by atoms with Crippen LogP contribution in [0.3, 0.4) is 0 Å². The molecule has 0 bridgehead atoms. The average molecular weight is 403 g/mol. The second kappa shape index (κ2) is 8.10. The van der Waals surface area contributed by atoms with Gasteiger partial charge in [-0.2, -0.15) is 0 Å². The Morgan fingerprint density at radius 2 is 1.86 bits per heavy atom. The minimum atomic E-state index is -0.425. The molecule has 0 radical (unpaired) electrons. The SMILES string of the molecule is COc1ccc(N2CC(C(=O)N(C)c3ccc(C)c(Cl)c3)CC2=O)cc1OC. The standard InChI is InChI=1S/C21H23ClN2O4/c1-13-5-6-15(10-17(13)22)23(2)21(26)14-9-20(25)24(12-14)16-7-8-18(27-3)19(11-16)28-4/h5-8,10-11,14H,9,12H2,1-4H3. The molecule has 0 spiro atoms. The molecule has 148 valence electrons. The van der Waals surface area contributed by atoms with E-state index in [-0.39, 0.29) is 18.2 Å². The van der Waals surface area contributed by atoms with Gasteiger partial charge >= 0.3 is 0 Å². The maximum atomic E-state index is 12.9. The van der Waals surface area contributed by atoms with Gasteiger partial charge in [0.05, 0.1) is 20.1 Å². The first kappa shape index (κ1) is 20.0. The molecule has 1 atom stereocenters. The van der Waals surface area contributed by atoms with E-state index < -0.39 is 5.92 Å². The lowest BCUT2D eigenvalue weighted by atomic mass is 10.1. The van der Waals surface area contributed by atoms with E-state index in [2.05, 4.69) is 0 Å². The van der Waals surface area contributed by atoms with E-state index in [0.717, 1.165) is 5.56 Å². The molecule has 0 saturated carbocycles. The van der Waals surface area contributed by atoms with Crippen molar-refractivity contribution in [2.24, 2.45) is 5.92 Å². The van der Waals surface area contributed by atoms with Crippen molar-refractivity contribution >= 4 is 34.8 Å². The quantitative estimate of drug-likeness (QED) is 0.765. The molecule has 1 fully saturated rings. The number of carbonyl (C=O) groups excluding carboxylic acids is 2. The van der Waals surface area contributed by atoms with Gasteiger partial charge in [-0.3, -0.25) is 9.59 Å². The number of hydrogen-bond donors (Lipinski definition) is 0. The van der Waals surface area contributed by atoms with E-state index in [1.165, 1.54) is 0 Å². The summed E-state index contributed by atoms with van der Waals surface area (Å²) in [5.74, 6) is 0.485. The van der Waals surface area contributed by atoms with Crippen LogP contribution in [0.15, 0.2) is 36.4 Å². The Morgan fingerprint density at radius 1 is 1.14 bits per heavy atom. The first-order chi connectivity index (χ1) is 13.3. The third kappa shape index (κ3) is 3.78. The summed E-state index contributed by atoms with van der Waals surface area (Å²) in [6.45, 7) is 2.22. The number of ether oxygens (including phenoxy) is 2. The summed E-state index contributed by atoms with van der Waals surface area (Å²) in [6.07, 6.45) is 0.164. The molecule has 0 aromatic heterocycles. The van der Waals surface area contributed by atoms with Crippen LogP contribution in [-0.2, 0) is 9.59 Å². The van der Waals surface area contributed by atoms with Crippen LogP contribution in [0.5, 0.6) is 11.5 Å². The molecule has 2 aromatic rings. The van der Waals surface area contributed by atoms with Gasteiger partial charge in [0.15, 0.2) is 11.5 Å². The van der Waals surface area contributed by atoms with Crippen LogP contribution in [0.4, 0.5) is 11.4 Å². The van der Waals surface area contributed by atoms with Crippen molar-refractivity contribution in [3.63, 3.8) is 0 Å². The Bertz CT molecular complexity index is 915. The van der Waals surface area contributed by atoms with Crippen LogP contribution >= 0.6 is 11.6 Å².